The largest absolute Gasteiger partial charge is 0.310 e. The van der Waals surface area contributed by atoms with Crippen molar-refractivity contribution in [3.05, 3.63) is 257 Å². The number of hydrogen-bond donors (Lipinski definition) is 0. The SMILES string of the molecule is C1=CCCC(c2ccc(-c3c4ccc(N5c6ccccc6Cc6ccccc65)cc4c(C4=CC=C(c5ccccc5)CC4)c4ccc(N5c6ccccc6Cc6ccccc65)cc34)cc2)=C1. The van der Waals surface area contributed by atoms with E-state index < -0.39 is 0 Å². The Bertz CT molecular complexity index is 3440. The molecule has 0 aromatic heterocycles. The maximum absolute atomic E-state index is 2.50. The van der Waals surface area contributed by atoms with Crippen LogP contribution in [0.2, 0.25) is 0 Å². The van der Waals surface area contributed by atoms with Crippen molar-refractivity contribution in [1.82, 2.24) is 0 Å². The number of allylic oxidation sites excluding steroid dienone is 8. The number of nitrogens with zero attached hydrogens (tertiary/aromatic N) is 2. The van der Waals surface area contributed by atoms with Gasteiger partial charge in [0, 0.05) is 47.0 Å². The Labute approximate surface area is 387 Å². The summed E-state index contributed by atoms with van der Waals surface area (Å²) in [6, 6.07) is 70.7. The summed E-state index contributed by atoms with van der Waals surface area (Å²) in [7, 11) is 0. The lowest BCUT2D eigenvalue weighted by Gasteiger charge is -2.34. The predicted molar refractivity (Wildman–Crippen MR) is 280 cm³/mol. The zero-order valence-corrected chi connectivity index (χ0v) is 36.9. The highest BCUT2D eigenvalue weighted by Gasteiger charge is 2.28. The Morgan fingerprint density at radius 1 is 0.318 bits per heavy atom. The minimum absolute atomic E-state index is 0.927. The molecule has 66 heavy (non-hydrogen) atoms. The van der Waals surface area contributed by atoms with Gasteiger partial charge in [-0.15, -0.1) is 0 Å². The molecule has 0 saturated carbocycles. The molecule has 2 nitrogen and oxygen atoms in total. The summed E-state index contributed by atoms with van der Waals surface area (Å²) in [6.07, 6.45) is 17.5. The molecular weight excluding hydrogens is 797 g/mol. The maximum Gasteiger partial charge on any atom is 0.0497 e. The van der Waals surface area contributed by atoms with Gasteiger partial charge in [-0.2, -0.15) is 0 Å². The average molecular weight is 845 g/mol. The van der Waals surface area contributed by atoms with Gasteiger partial charge in [0.15, 0.2) is 0 Å². The quantitative estimate of drug-likeness (QED) is 0.154. The van der Waals surface area contributed by atoms with E-state index in [2.05, 4.69) is 228 Å². The van der Waals surface area contributed by atoms with Gasteiger partial charge in [-0.25, -0.2) is 0 Å². The fourth-order valence-corrected chi connectivity index (χ4v) is 11.3. The van der Waals surface area contributed by atoms with Gasteiger partial charge in [0.05, 0.1) is 0 Å². The zero-order valence-electron chi connectivity index (χ0n) is 36.9. The topological polar surface area (TPSA) is 6.48 Å². The number of hydrogen-bond acceptors (Lipinski definition) is 2. The van der Waals surface area contributed by atoms with Crippen LogP contribution in [-0.2, 0) is 12.8 Å². The van der Waals surface area contributed by atoms with Gasteiger partial charge in [0.1, 0.15) is 0 Å². The summed E-state index contributed by atoms with van der Waals surface area (Å²) in [4.78, 5) is 5.00. The molecule has 314 valence electrons. The molecule has 9 aromatic carbocycles. The molecule has 9 aromatic rings. The first kappa shape index (κ1) is 38.5. The van der Waals surface area contributed by atoms with Crippen LogP contribution in [0.4, 0.5) is 34.1 Å². The van der Waals surface area contributed by atoms with Crippen LogP contribution in [0, 0.1) is 0 Å². The van der Waals surface area contributed by atoms with Crippen molar-refractivity contribution in [2.45, 2.75) is 38.5 Å². The third kappa shape index (κ3) is 6.47. The van der Waals surface area contributed by atoms with Crippen LogP contribution in [0.3, 0.4) is 0 Å². The van der Waals surface area contributed by atoms with E-state index in [0.29, 0.717) is 0 Å². The van der Waals surface area contributed by atoms with E-state index in [1.165, 1.54) is 122 Å². The lowest BCUT2D eigenvalue weighted by molar-refractivity contribution is 1.05. The second kappa shape index (κ2) is 15.9. The van der Waals surface area contributed by atoms with E-state index >= 15 is 0 Å². The Balaban J connectivity index is 1.10. The van der Waals surface area contributed by atoms with Gasteiger partial charge >= 0.3 is 0 Å². The first-order chi connectivity index (χ1) is 32.7. The smallest absolute Gasteiger partial charge is 0.0497 e. The Hall–Kier alpha value is -7.94. The Morgan fingerprint density at radius 2 is 0.758 bits per heavy atom. The van der Waals surface area contributed by atoms with Crippen LogP contribution in [-0.4, -0.2) is 0 Å². The molecule has 0 fully saturated rings. The summed E-state index contributed by atoms with van der Waals surface area (Å²) in [6.45, 7) is 0. The lowest BCUT2D eigenvalue weighted by Crippen LogP contribution is -2.18. The van der Waals surface area contributed by atoms with Crippen molar-refractivity contribution < 1.29 is 0 Å². The Kier molecular flexibility index (Phi) is 9.30. The van der Waals surface area contributed by atoms with Crippen molar-refractivity contribution in [3.8, 4) is 11.1 Å². The molecule has 2 heteroatoms. The molecule has 13 rings (SSSR count). The number of fused-ring (bicyclic) bond motifs is 6. The highest BCUT2D eigenvalue weighted by atomic mass is 15.2. The van der Waals surface area contributed by atoms with Gasteiger partial charge in [-0.1, -0.05) is 170 Å². The standard InChI is InChI=1S/C64H48N2/c1-3-15-43(16-4-1)45-27-31-47(32-28-45)63-55-37-35-54(66-61-25-13-9-21-51(61)40-52-22-10-14-26-62(52)66)42-58(55)64(48-33-29-46(30-34-48)44-17-5-2-6-18-44)56-38-36-53(41-57(56)63)65-59-23-11-7-19-49(59)39-50-20-8-12-24-60(50)65/h1-5,7-17,19-27,29-31,33-38,41-42H,6,18,28,32,39-40H2. The van der Waals surface area contributed by atoms with Crippen molar-refractivity contribution in [3.63, 3.8) is 0 Å². The molecular formula is C64H48N2. The molecule has 0 unspecified atom stereocenters. The van der Waals surface area contributed by atoms with Crippen LogP contribution in [0.5, 0.6) is 0 Å². The average Bonchev–Trinajstić information content (AvgIpc) is 3.39. The van der Waals surface area contributed by atoms with Gasteiger partial charge in [-0.05, 0) is 163 Å². The number of rotatable bonds is 6. The third-order valence-electron chi connectivity index (χ3n) is 14.5. The molecule has 4 aliphatic rings. The second-order valence-electron chi connectivity index (χ2n) is 18.2. The fourth-order valence-electron chi connectivity index (χ4n) is 11.3. The van der Waals surface area contributed by atoms with Gasteiger partial charge in [0.25, 0.3) is 0 Å². The van der Waals surface area contributed by atoms with Crippen molar-refractivity contribution in [2.75, 3.05) is 9.80 Å². The van der Waals surface area contributed by atoms with Crippen LogP contribution in [0.25, 0.3) is 49.4 Å². The van der Waals surface area contributed by atoms with Gasteiger partial charge in [0.2, 0.25) is 0 Å². The molecule has 0 spiro atoms. The van der Waals surface area contributed by atoms with E-state index in [9.17, 15) is 0 Å². The monoisotopic (exact) mass is 844 g/mol. The first-order valence-corrected chi connectivity index (χ1v) is 23.6. The summed E-state index contributed by atoms with van der Waals surface area (Å²) < 4.78 is 0. The summed E-state index contributed by atoms with van der Waals surface area (Å²) in [5.41, 5.74) is 23.3. The predicted octanol–water partition coefficient (Wildman–Crippen LogP) is 17.4. The van der Waals surface area contributed by atoms with Gasteiger partial charge < -0.3 is 9.80 Å². The normalized spacial score (nSPS) is 15.1. The van der Waals surface area contributed by atoms with Crippen molar-refractivity contribution in [1.29, 1.82) is 0 Å². The molecule has 2 aliphatic carbocycles. The van der Waals surface area contributed by atoms with E-state index in [1.807, 2.05) is 0 Å². The minimum atomic E-state index is 0.927. The highest BCUT2D eigenvalue weighted by Crippen LogP contribution is 2.51. The summed E-state index contributed by atoms with van der Waals surface area (Å²) >= 11 is 0. The molecule has 0 amide bonds. The highest BCUT2D eigenvalue weighted by molar-refractivity contribution is 6.20. The first-order valence-electron chi connectivity index (χ1n) is 23.6. The van der Waals surface area contributed by atoms with Crippen molar-refractivity contribution >= 4 is 72.4 Å². The van der Waals surface area contributed by atoms with Crippen LogP contribution in [0.15, 0.2) is 218 Å². The third-order valence-corrected chi connectivity index (χ3v) is 14.5. The minimum Gasteiger partial charge on any atom is -0.310 e. The molecule has 0 saturated heterocycles. The fraction of sp³-hybridized carbons (Fsp3) is 0.0938. The number of anilines is 6. The van der Waals surface area contributed by atoms with E-state index in [4.69, 9.17) is 0 Å². The Morgan fingerprint density at radius 3 is 1.27 bits per heavy atom. The molecule has 0 N–H and O–H groups in total. The molecule has 0 bridgehead atoms. The van der Waals surface area contributed by atoms with E-state index in [1.54, 1.807) is 0 Å². The van der Waals surface area contributed by atoms with E-state index in [0.717, 1.165) is 38.5 Å². The molecule has 2 aliphatic heterocycles. The van der Waals surface area contributed by atoms with Gasteiger partial charge in [-0.3, -0.25) is 0 Å². The maximum atomic E-state index is 2.50. The second-order valence-corrected chi connectivity index (χ2v) is 18.2. The molecule has 0 atom stereocenters. The number of para-hydroxylation sites is 4. The summed E-state index contributed by atoms with van der Waals surface area (Å²) in [5.74, 6) is 0. The van der Waals surface area contributed by atoms with Crippen LogP contribution < -0.4 is 9.80 Å². The zero-order chi connectivity index (χ0) is 43.6. The van der Waals surface area contributed by atoms with Crippen LogP contribution >= 0.6 is 0 Å². The molecule has 0 radical (unpaired) electrons. The van der Waals surface area contributed by atoms with Crippen molar-refractivity contribution in [2.24, 2.45) is 0 Å². The molecule has 2 heterocycles. The number of benzene rings is 9. The lowest BCUT2D eigenvalue weighted by atomic mass is 9.81. The van der Waals surface area contributed by atoms with Crippen LogP contribution in [0.1, 0.15) is 64.6 Å². The summed E-state index contributed by atoms with van der Waals surface area (Å²) in [5, 5.41) is 5.10. The van der Waals surface area contributed by atoms with E-state index in [-0.39, 0.29) is 0 Å².